The summed E-state index contributed by atoms with van der Waals surface area (Å²) in [6, 6.07) is 6.99. The Morgan fingerprint density at radius 1 is 1.38 bits per heavy atom. The van der Waals surface area contributed by atoms with Gasteiger partial charge in [-0.05, 0) is 36.8 Å². The normalized spacial score (nSPS) is 10.4. The molecule has 3 N–H and O–H groups in total. The van der Waals surface area contributed by atoms with Crippen molar-refractivity contribution < 1.29 is 9.18 Å². The third kappa shape index (κ3) is 3.14. The summed E-state index contributed by atoms with van der Waals surface area (Å²) < 4.78 is 14.2. The number of carbonyl (C=O) groups is 1. The first-order chi connectivity index (χ1) is 10.1. The second-order valence-corrected chi connectivity index (χ2v) is 4.45. The molecule has 0 radical (unpaired) electrons. The van der Waals surface area contributed by atoms with E-state index in [4.69, 9.17) is 5.84 Å². The van der Waals surface area contributed by atoms with E-state index in [2.05, 4.69) is 5.10 Å². The summed E-state index contributed by atoms with van der Waals surface area (Å²) in [6.45, 7) is 2.26. The van der Waals surface area contributed by atoms with Crippen LogP contribution in [0.2, 0.25) is 0 Å². The Bertz CT molecular complexity index is 710. The second kappa shape index (κ2) is 6.27. The Kier molecular flexibility index (Phi) is 4.44. The Morgan fingerprint density at radius 2 is 2.05 bits per heavy atom. The molecule has 0 atom stereocenters. The zero-order chi connectivity index (χ0) is 15.4. The molecule has 0 spiro atoms. The molecule has 0 aliphatic heterocycles. The van der Waals surface area contributed by atoms with E-state index in [1.807, 2.05) is 12.3 Å². The van der Waals surface area contributed by atoms with Crippen LogP contribution in [0.4, 0.5) is 4.39 Å². The second-order valence-electron chi connectivity index (χ2n) is 4.45. The van der Waals surface area contributed by atoms with E-state index in [0.29, 0.717) is 24.2 Å². The van der Waals surface area contributed by atoms with Crippen molar-refractivity contribution in [2.24, 2.45) is 5.84 Å². The first-order valence-corrected chi connectivity index (χ1v) is 6.46. The molecule has 21 heavy (non-hydrogen) atoms. The third-order valence-electron chi connectivity index (χ3n) is 2.93. The zero-order valence-electron chi connectivity index (χ0n) is 11.5. The number of hydrogen-bond acceptors (Lipinski definition) is 4. The van der Waals surface area contributed by atoms with Gasteiger partial charge in [0, 0.05) is 12.1 Å². The number of aryl methyl sites for hydroxylation is 1. The number of nitrogens with two attached hydrogens (primary N) is 1. The number of nitrogens with one attached hydrogen (secondary N) is 1. The van der Waals surface area contributed by atoms with E-state index in [9.17, 15) is 14.0 Å². The summed E-state index contributed by atoms with van der Waals surface area (Å²) >= 11 is 0. The molecule has 0 saturated heterocycles. The van der Waals surface area contributed by atoms with Crippen molar-refractivity contribution in [1.82, 2.24) is 15.2 Å². The van der Waals surface area contributed by atoms with Crippen molar-refractivity contribution in [3.8, 4) is 11.3 Å². The lowest BCUT2D eigenvalue weighted by Gasteiger charge is -2.09. The van der Waals surface area contributed by atoms with Crippen LogP contribution in [0.5, 0.6) is 0 Å². The highest BCUT2D eigenvalue weighted by atomic mass is 19.1. The van der Waals surface area contributed by atoms with Crippen molar-refractivity contribution >= 4 is 5.91 Å². The van der Waals surface area contributed by atoms with Gasteiger partial charge in [0.25, 0.3) is 11.5 Å². The summed E-state index contributed by atoms with van der Waals surface area (Å²) in [5, 5.41) is 4.20. The maximum absolute atomic E-state index is 13.0. The van der Waals surface area contributed by atoms with Crippen LogP contribution in [-0.2, 0) is 6.54 Å². The first kappa shape index (κ1) is 14.9. The fourth-order valence-electron chi connectivity index (χ4n) is 1.91. The van der Waals surface area contributed by atoms with E-state index in [-0.39, 0.29) is 11.4 Å². The van der Waals surface area contributed by atoms with E-state index < -0.39 is 11.5 Å². The molecule has 7 heteroatoms. The predicted octanol–water partition coefficient (Wildman–Crippen LogP) is 1.06. The van der Waals surface area contributed by atoms with Gasteiger partial charge in [-0.3, -0.25) is 15.0 Å². The lowest BCUT2D eigenvalue weighted by Crippen LogP contribution is -2.37. The third-order valence-corrected chi connectivity index (χ3v) is 2.93. The topological polar surface area (TPSA) is 90.0 Å². The van der Waals surface area contributed by atoms with E-state index in [1.165, 1.54) is 35.0 Å². The molecular formula is C14H15FN4O2. The molecule has 1 amide bonds. The lowest BCUT2D eigenvalue weighted by atomic mass is 10.1. The minimum atomic E-state index is -0.685. The molecular weight excluding hydrogens is 275 g/mol. The molecule has 1 aromatic carbocycles. The van der Waals surface area contributed by atoms with Gasteiger partial charge >= 0.3 is 0 Å². The van der Waals surface area contributed by atoms with Gasteiger partial charge in [0.05, 0.1) is 5.69 Å². The van der Waals surface area contributed by atoms with Gasteiger partial charge in [0.1, 0.15) is 11.4 Å². The van der Waals surface area contributed by atoms with Crippen LogP contribution in [-0.4, -0.2) is 15.7 Å². The molecule has 6 nitrogen and oxygen atoms in total. The number of benzene rings is 1. The highest BCUT2D eigenvalue weighted by Gasteiger charge is 2.15. The first-order valence-electron chi connectivity index (χ1n) is 6.46. The largest absolute Gasteiger partial charge is 0.290 e. The molecule has 110 valence electrons. The average molecular weight is 290 g/mol. The average Bonchev–Trinajstić information content (AvgIpc) is 2.49. The minimum Gasteiger partial charge on any atom is -0.290 e. The molecule has 2 rings (SSSR count). The Hall–Kier alpha value is -2.54. The molecule has 1 heterocycles. The number of halogens is 1. The highest BCUT2D eigenvalue weighted by Crippen LogP contribution is 2.17. The molecule has 2 aromatic rings. The van der Waals surface area contributed by atoms with E-state index in [0.717, 1.165) is 0 Å². The lowest BCUT2D eigenvalue weighted by molar-refractivity contribution is 0.0951. The number of hydrogen-bond donors (Lipinski definition) is 2. The van der Waals surface area contributed by atoms with Gasteiger partial charge in [0.2, 0.25) is 0 Å². The van der Waals surface area contributed by atoms with Gasteiger partial charge < -0.3 is 0 Å². The van der Waals surface area contributed by atoms with Gasteiger partial charge in [-0.15, -0.1) is 0 Å². The summed E-state index contributed by atoms with van der Waals surface area (Å²) in [5.74, 6) is 4.03. The van der Waals surface area contributed by atoms with Gasteiger partial charge in [-0.2, -0.15) is 5.10 Å². The van der Waals surface area contributed by atoms with E-state index >= 15 is 0 Å². The minimum absolute atomic E-state index is 0.0970. The van der Waals surface area contributed by atoms with Crippen LogP contribution in [0.15, 0.2) is 35.1 Å². The number of rotatable bonds is 4. The molecule has 0 aliphatic rings. The number of carbonyl (C=O) groups excluding carboxylic acids is 1. The van der Waals surface area contributed by atoms with Crippen LogP contribution in [0, 0.1) is 5.82 Å². The fourth-order valence-corrected chi connectivity index (χ4v) is 1.91. The van der Waals surface area contributed by atoms with Crippen LogP contribution < -0.4 is 16.8 Å². The van der Waals surface area contributed by atoms with Crippen LogP contribution in [0.3, 0.4) is 0 Å². The number of nitrogens with zero attached hydrogens (tertiary/aromatic N) is 2. The Morgan fingerprint density at radius 3 is 2.62 bits per heavy atom. The van der Waals surface area contributed by atoms with Gasteiger partial charge in [-0.25, -0.2) is 14.9 Å². The standard InChI is InChI=1S/C14H15FN4O2/c1-2-7-19-14(21)11(13(20)17-16)8-12(18-19)9-3-5-10(15)6-4-9/h3-6,8H,2,7,16H2,1H3,(H,17,20). The molecule has 0 fully saturated rings. The predicted molar refractivity (Wildman–Crippen MR) is 75.8 cm³/mol. The number of hydrazine groups is 1. The molecule has 0 aliphatic carbocycles. The smallest absolute Gasteiger partial charge is 0.279 e. The fraction of sp³-hybridized carbons (Fsp3) is 0.214. The quantitative estimate of drug-likeness (QED) is 0.500. The van der Waals surface area contributed by atoms with Crippen molar-refractivity contribution in [2.45, 2.75) is 19.9 Å². The van der Waals surface area contributed by atoms with Crippen LogP contribution >= 0.6 is 0 Å². The van der Waals surface area contributed by atoms with Crippen molar-refractivity contribution in [3.63, 3.8) is 0 Å². The van der Waals surface area contributed by atoms with Crippen LogP contribution in [0.1, 0.15) is 23.7 Å². The number of nitrogen functional groups attached to an aromatic ring is 1. The van der Waals surface area contributed by atoms with Crippen LogP contribution in [0.25, 0.3) is 11.3 Å². The Balaban J connectivity index is 2.61. The molecule has 0 unspecified atom stereocenters. The van der Waals surface area contributed by atoms with Crippen molar-refractivity contribution in [1.29, 1.82) is 0 Å². The summed E-state index contributed by atoms with van der Waals surface area (Å²) in [6.07, 6.45) is 0.684. The van der Waals surface area contributed by atoms with Gasteiger partial charge in [-0.1, -0.05) is 6.92 Å². The molecule has 0 saturated carbocycles. The summed E-state index contributed by atoms with van der Waals surface area (Å²) in [5.41, 5.74) is 2.34. The maximum Gasteiger partial charge on any atom is 0.279 e. The SMILES string of the molecule is CCCn1nc(-c2ccc(F)cc2)cc(C(=O)NN)c1=O. The summed E-state index contributed by atoms with van der Waals surface area (Å²) in [4.78, 5) is 23.8. The molecule has 1 aromatic heterocycles. The summed E-state index contributed by atoms with van der Waals surface area (Å²) in [7, 11) is 0. The number of amides is 1. The molecule has 0 bridgehead atoms. The zero-order valence-corrected chi connectivity index (χ0v) is 11.5. The monoisotopic (exact) mass is 290 g/mol. The maximum atomic E-state index is 13.0. The van der Waals surface area contributed by atoms with Crippen molar-refractivity contribution in [2.75, 3.05) is 0 Å². The highest BCUT2D eigenvalue weighted by molar-refractivity contribution is 5.94. The van der Waals surface area contributed by atoms with E-state index in [1.54, 1.807) is 0 Å². The van der Waals surface area contributed by atoms with Crippen molar-refractivity contribution in [3.05, 3.63) is 52.1 Å². The Labute approximate surface area is 120 Å². The number of aromatic nitrogens is 2. The van der Waals surface area contributed by atoms with Gasteiger partial charge in [0.15, 0.2) is 0 Å².